The first-order valence-electron chi connectivity index (χ1n) is 5.95. The number of carbonyl (C=O) groups excluding carboxylic acids is 1. The summed E-state index contributed by atoms with van der Waals surface area (Å²) in [4.78, 5) is 13.5. The van der Waals surface area contributed by atoms with Gasteiger partial charge in [-0.3, -0.25) is 4.79 Å². The summed E-state index contributed by atoms with van der Waals surface area (Å²) in [6.07, 6.45) is 0. The Morgan fingerprint density at radius 3 is 2.53 bits per heavy atom. The summed E-state index contributed by atoms with van der Waals surface area (Å²) in [5.74, 6) is -0.194. The fourth-order valence-corrected chi connectivity index (χ4v) is 1.88. The van der Waals surface area contributed by atoms with Crippen LogP contribution in [0.15, 0.2) is 28.7 Å². The molecule has 2 rings (SSSR count). The van der Waals surface area contributed by atoms with Gasteiger partial charge in [0.15, 0.2) is 5.76 Å². The van der Waals surface area contributed by atoms with Crippen molar-refractivity contribution in [2.45, 2.75) is 0 Å². The van der Waals surface area contributed by atoms with Gasteiger partial charge in [0.1, 0.15) is 5.58 Å². The number of benzene rings is 1. The molecule has 0 saturated heterocycles. The Labute approximate surface area is 110 Å². The van der Waals surface area contributed by atoms with Gasteiger partial charge in [-0.2, -0.15) is 0 Å². The Balaban J connectivity index is 2.29. The van der Waals surface area contributed by atoms with Crippen molar-refractivity contribution < 1.29 is 19.4 Å². The maximum Gasteiger partial charge on any atom is 0.289 e. The Bertz CT molecular complexity index is 573. The highest BCUT2D eigenvalue weighted by Crippen LogP contribution is 2.22. The standard InChI is InChI=1S/C13H16N2O4/c14-10-1-2-11-9(7-10)8-12(19-11)13(18)15(3-5-16)4-6-17/h1-2,7-8,16-17H,3-6,14H2. The molecule has 4 N–H and O–H groups in total. The lowest BCUT2D eigenvalue weighted by Gasteiger charge is -2.18. The smallest absolute Gasteiger partial charge is 0.289 e. The molecular formula is C13H16N2O4. The first-order chi connectivity index (χ1) is 9.15. The summed E-state index contributed by atoms with van der Waals surface area (Å²) in [5, 5.41) is 18.6. The molecule has 0 aliphatic carbocycles. The molecule has 0 aliphatic rings. The normalized spacial score (nSPS) is 10.8. The molecule has 0 spiro atoms. The van der Waals surface area contributed by atoms with E-state index in [0.29, 0.717) is 11.3 Å². The van der Waals surface area contributed by atoms with Crippen LogP contribution in [0.2, 0.25) is 0 Å². The van der Waals surface area contributed by atoms with E-state index in [-0.39, 0.29) is 38.0 Å². The van der Waals surface area contributed by atoms with E-state index in [2.05, 4.69) is 0 Å². The van der Waals surface area contributed by atoms with Crippen molar-refractivity contribution in [3.8, 4) is 0 Å². The van der Waals surface area contributed by atoms with Crippen molar-refractivity contribution in [3.05, 3.63) is 30.0 Å². The maximum atomic E-state index is 12.2. The number of aliphatic hydroxyl groups is 2. The molecule has 1 aromatic carbocycles. The number of nitrogens with two attached hydrogens (primary N) is 1. The number of nitrogens with zero attached hydrogens (tertiary/aromatic N) is 1. The number of hydrogen-bond donors (Lipinski definition) is 3. The van der Waals surface area contributed by atoms with Crippen LogP contribution in [0.1, 0.15) is 10.6 Å². The van der Waals surface area contributed by atoms with Gasteiger partial charge in [0, 0.05) is 24.2 Å². The number of furan rings is 1. The molecule has 0 saturated carbocycles. The van der Waals surface area contributed by atoms with Gasteiger partial charge >= 0.3 is 0 Å². The van der Waals surface area contributed by atoms with E-state index < -0.39 is 0 Å². The van der Waals surface area contributed by atoms with Crippen LogP contribution < -0.4 is 5.73 Å². The maximum absolute atomic E-state index is 12.2. The SMILES string of the molecule is Nc1ccc2oc(C(=O)N(CCO)CCO)cc2c1. The third-order valence-electron chi connectivity index (χ3n) is 2.78. The quantitative estimate of drug-likeness (QED) is 0.680. The molecular weight excluding hydrogens is 248 g/mol. The largest absolute Gasteiger partial charge is 0.451 e. The van der Waals surface area contributed by atoms with E-state index in [4.69, 9.17) is 20.4 Å². The third kappa shape index (κ3) is 2.86. The fraction of sp³-hybridized carbons (Fsp3) is 0.308. The molecule has 0 atom stereocenters. The van der Waals surface area contributed by atoms with E-state index >= 15 is 0 Å². The summed E-state index contributed by atoms with van der Waals surface area (Å²) in [6, 6.07) is 6.72. The zero-order valence-electron chi connectivity index (χ0n) is 10.4. The molecule has 0 radical (unpaired) electrons. The lowest BCUT2D eigenvalue weighted by Crippen LogP contribution is -2.35. The van der Waals surface area contributed by atoms with Crippen LogP contribution in [-0.2, 0) is 0 Å². The van der Waals surface area contributed by atoms with Gasteiger partial charge in [0.25, 0.3) is 5.91 Å². The molecule has 19 heavy (non-hydrogen) atoms. The van der Waals surface area contributed by atoms with Crippen LogP contribution in [-0.4, -0.2) is 47.3 Å². The molecule has 102 valence electrons. The predicted molar refractivity (Wildman–Crippen MR) is 70.7 cm³/mol. The van der Waals surface area contributed by atoms with Crippen molar-refractivity contribution in [1.29, 1.82) is 0 Å². The number of aliphatic hydroxyl groups excluding tert-OH is 2. The minimum atomic E-state index is -0.363. The minimum Gasteiger partial charge on any atom is -0.451 e. The zero-order chi connectivity index (χ0) is 13.8. The molecule has 0 fully saturated rings. The van der Waals surface area contributed by atoms with Crippen LogP contribution in [0, 0.1) is 0 Å². The van der Waals surface area contributed by atoms with Crippen molar-refractivity contribution in [1.82, 2.24) is 4.90 Å². The topological polar surface area (TPSA) is 99.9 Å². The summed E-state index contributed by atoms with van der Waals surface area (Å²) < 4.78 is 5.45. The molecule has 2 aromatic rings. The minimum absolute atomic E-state index is 0.151. The van der Waals surface area contributed by atoms with Crippen LogP contribution in [0.5, 0.6) is 0 Å². The van der Waals surface area contributed by atoms with Crippen LogP contribution in [0.25, 0.3) is 11.0 Å². The predicted octanol–water partition coefficient (Wildman–Crippen LogP) is 0.442. The number of fused-ring (bicyclic) bond motifs is 1. The molecule has 6 heteroatoms. The first-order valence-corrected chi connectivity index (χ1v) is 5.95. The summed E-state index contributed by atoms with van der Waals surface area (Å²) >= 11 is 0. The Morgan fingerprint density at radius 1 is 1.21 bits per heavy atom. The van der Waals surface area contributed by atoms with E-state index in [1.165, 1.54) is 4.90 Å². The highest BCUT2D eigenvalue weighted by atomic mass is 16.3. The summed E-state index contributed by atoms with van der Waals surface area (Å²) in [7, 11) is 0. The highest BCUT2D eigenvalue weighted by Gasteiger charge is 2.19. The van der Waals surface area contributed by atoms with Gasteiger partial charge in [-0.25, -0.2) is 0 Å². The second kappa shape index (κ2) is 5.73. The van der Waals surface area contributed by atoms with Crippen LogP contribution in [0.3, 0.4) is 0 Å². The van der Waals surface area contributed by atoms with Crippen LogP contribution in [0.4, 0.5) is 5.69 Å². The monoisotopic (exact) mass is 264 g/mol. The molecule has 1 heterocycles. The van der Waals surface area contributed by atoms with Crippen molar-refractivity contribution in [2.75, 3.05) is 32.0 Å². The third-order valence-corrected chi connectivity index (χ3v) is 2.78. The van der Waals surface area contributed by atoms with Gasteiger partial charge in [-0.1, -0.05) is 0 Å². The molecule has 0 aliphatic heterocycles. The van der Waals surface area contributed by atoms with Crippen LogP contribution >= 0.6 is 0 Å². The molecule has 1 aromatic heterocycles. The highest BCUT2D eigenvalue weighted by molar-refractivity contribution is 5.96. The van der Waals surface area contributed by atoms with Gasteiger partial charge in [0.05, 0.1) is 13.2 Å². The average Bonchev–Trinajstić information content (AvgIpc) is 2.80. The van der Waals surface area contributed by atoms with E-state index in [0.717, 1.165) is 5.39 Å². The second-order valence-corrected chi connectivity index (χ2v) is 4.15. The molecule has 6 nitrogen and oxygen atoms in total. The van der Waals surface area contributed by atoms with E-state index in [1.807, 2.05) is 0 Å². The van der Waals surface area contributed by atoms with Gasteiger partial charge in [0.2, 0.25) is 0 Å². The average molecular weight is 264 g/mol. The number of carbonyl (C=O) groups is 1. The number of nitrogen functional groups attached to an aromatic ring is 1. The van der Waals surface area contributed by atoms with Crippen molar-refractivity contribution in [2.24, 2.45) is 0 Å². The Hall–Kier alpha value is -2.05. The van der Waals surface area contributed by atoms with Gasteiger partial charge < -0.3 is 25.3 Å². The van der Waals surface area contributed by atoms with E-state index in [9.17, 15) is 4.79 Å². The number of hydrogen-bond acceptors (Lipinski definition) is 5. The fourth-order valence-electron chi connectivity index (χ4n) is 1.88. The molecule has 1 amide bonds. The Morgan fingerprint density at radius 2 is 1.89 bits per heavy atom. The Kier molecular flexibility index (Phi) is 4.03. The second-order valence-electron chi connectivity index (χ2n) is 4.15. The molecule has 0 bridgehead atoms. The van der Waals surface area contributed by atoms with Crippen molar-refractivity contribution >= 4 is 22.6 Å². The lowest BCUT2D eigenvalue weighted by atomic mass is 10.2. The first kappa shape index (κ1) is 13.4. The van der Waals surface area contributed by atoms with Gasteiger partial charge in [-0.05, 0) is 24.3 Å². The summed E-state index contributed by atoms with van der Waals surface area (Å²) in [6.45, 7) is -0.0327. The summed E-state index contributed by atoms with van der Waals surface area (Å²) in [5.41, 5.74) is 6.83. The van der Waals surface area contributed by atoms with E-state index in [1.54, 1.807) is 24.3 Å². The zero-order valence-corrected chi connectivity index (χ0v) is 10.4. The van der Waals surface area contributed by atoms with Crippen molar-refractivity contribution in [3.63, 3.8) is 0 Å². The number of amides is 1. The molecule has 0 unspecified atom stereocenters. The number of anilines is 1. The lowest BCUT2D eigenvalue weighted by molar-refractivity contribution is 0.0656. The van der Waals surface area contributed by atoms with Gasteiger partial charge in [-0.15, -0.1) is 0 Å². The number of rotatable bonds is 5.